The molecule has 11 atom stereocenters. The predicted molar refractivity (Wildman–Crippen MR) is 153 cm³/mol. The fourth-order valence-electron chi connectivity index (χ4n) is 5.03. The number of aliphatic hydroxyl groups is 3. The number of hydrogen-bond donors (Lipinski definition) is 4. The first kappa shape index (κ1) is 34.6. The van der Waals surface area contributed by atoms with E-state index in [0.717, 1.165) is 0 Å². The number of ether oxygens (including phenoxy) is 2. The molecule has 0 spiro atoms. The van der Waals surface area contributed by atoms with Gasteiger partial charge in [-0.1, -0.05) is 83.7 Å². The van der Waals surface area contributed by atoms with Crippen molar-refractivity contribution in [1.82, 2.24) is 0 Å². The third kappa shape index (κ3) is 11.3. The molecule has 8 heteroatoms. The highest BCUT2D eigenvalue weighted by molar-refractivity contribution is 5.73. The molecule has 222 valence electrons. The van der Waals surface area contributed by atoms with Crippen LogP contribution in [-0.2, 0) is 14.3 Å². The fraction of sp³-hybridized carbons (Fsp3) is 0.677. The molecule has 0 aliphatic carbocycles. The summed E-state index contributed by atoms with van der Waals surface area (Å²) in [7, 11) is 0. The number of rotatable bonds is 16. The van der Waals surface area contributed by atoms with Crippen molar-refractivity contribution < 1.29 is 34.4 Å². The minimum Gasteiger partial charge on any atom is -0.462 e. The zero-order chi connectivity index (χ0) is 29.7. The predicted octanol–water partition coefficient (Wildman–Crippen LogP) is 4.69. The van der Waals surface area contributed by atoms with Crippen LogP contribution in [0.5, 0.6) is 0 Å². The molecule has 1 aliphatic heterocycles. The van der Waals surface area contributed by atoms with Crippen molar-refractivity contribution in [3.05, 3.63) is 49.1 Å². The molecule has 1 fully saturated rings. The Morgan fingerprint density at radius 3 is 2.21 bits per heavy atom. The number of carbonyl (C=O) groups excluding carboxylic acids is 2. The van der Waals surface area contributed by atoms with Gasteiger partial charge in [0, 0.05) is 29.6 Å². The molecule has 1 amide bonds. The second-order valence-corrected chi connectivity index (χ2v) is 11.1. The van der Waals surface area contributed by atoms with Gasteiger partial charge in [-0.25, -0.2) is 4.79 Å². The third-order valence-corrected chi connectivity index (χ3v) is 7.93. The molecule has 1 unspecified atom stereocenters. The second kappa shape index (κ2) is 17.3. The summed E-state index contributed by atoms with van der Waals surface area (Å²) >= 11 is 0. The maximum atomic E-state index is 11.9. The molecule has 1 aliphatic rings. The Hall–Kier alpha value is -2.42. The molecule has 1 heterocycles. The van der Waals surface area contributed by atoms with Gasteiger partial charge in [0.1, 0.15) is 12.2 Å². The number of nitrogens with two attached hydrogens (primary N) is 1. The van der Waals surface area contributed by atoms with Gasteiger partial charge in [-0.3, -0.25) is 4.79 Å². The number of esters is 1. The summed E-state index contributed by atoms with van der Waals surface area (Å²) in [5.41, 5.74) is 5.24. The third-order valence-electron chi connectivity index (χ3n) is 7.93. The Kier molecular flexibility index (Phi) is 15.4. The van der Waals surface area contributed by atoms with E-state index in [4.69, 9.17) is 15.2 Å². The molecule has 8 nitrogen and oxygen atoms in total. The van der Waals surface area contributed by atoms with Crippen LogP contribution in [0, 0.1) is 35.5 Å². The topological polar surface area (TPSA) is 139 Å². The van der Waals surface area contributed by atoms with Crippen LogP contribution in [0.4, 0.5) is 4.79 Å². The van der Waals surface area contributed by atoms with Crippen molar-refractivity contribution in [1.29, 1.82) is 0 Å². The van der Waals surface area contributed by atoms with E-state index in [-0.39, 0.29) is 41.7 Å². The maximum Gasteiger partial charge on any atom is 0.404 e. The van der Waals surface area contributed by atoms with Crippen LogP contribution in [-0.4, -0.2) is 57.9 Å². The van der Waals surface area contributed by atoms with Gasteiger partial charge in [0.2, 0.25) is 0 Å². The van der Waals surface area contributed by atoms with Crippen molar-refractivity contribution in [2.45, 2.75) is 97.7 Å². The average molecular weight is 550 g/mol. The summed E-state index contributed by atoms with van der Waals surface area (Å²) in [5.74, 6) is -1.60. The van der Waals surface area contributed by atoms with Gasteiger partial charge in [-0.2, -0.15) is 0 Å². The Balaban J connectivity index is 2.52. The lowest BCUT2D eigenvalue weighted by Gasteiger charge is -2.36. The smallest absolute Gasteiger partial charge is 0.404 e. The number of hydrogen-bond acceptors (Lipinski definition) is 7. The van der Waals surface area contributed by atoms with Crippen molar-refractivity contribution >= 4 is 12.1 Å². The summed E-state index contributed by atoms with van der Waals surface area (Å²) in [6, 6.07) is 0. The zero-order valence-corrected chi connectivity index (χ0v) is 24.5. The monoisotopic (exact) mass is 549 g/mol. The van der Waals surface area contributed by atoms with E-state index in [0.29, 0.717) is 25.7 Å². The van der Waals surface area contributed by atoms with E-state index < -0.39 is 36.4 Å². The summed E-state index contributed by atoms with van der Waals surface area (Å²) in [5, 5.41) is 31.7. The van der Waals surface area contributed by atoms with Gasteiger partial charge < -0.3 is 30.5 Å². The van der Waals surface area contributed by atoms with Gasteiger partial charge in [0.05, 0.1) is 24.2 Å². The number of cyclic esters (lactones) is 1. The van der Waals surface area contributed by atoms with Gasteiger partial charge in [-0.05, 0) is 32.6 Å². The summed E-state index contributed by atoms with van der Waals surface area (Å²) in [6.45, 7) is 14.9. The molecular formula is C31H51NO7. The van der Waals surface area contributed by atoms with Crippen LogP contribution in [0.25, 0.3) is 0 Å². The highest BCUT2D eigenvalue weighted by atomic mass is 16.6. The van der Waals surface area contributed by atoms with Crippen LogP contribution >= 0.6 is 0 Å². The van der Waals surface area contributed by atoms with E-state index in [1.807, 2.05) is 65.0 Å². The molecule has 0 aromatic rings. The first-order valence-corrected chi connectivity index (χ1v) is 14.1. The molecule has 0 bridgehead atoms. The largest absolute Gasteiger partial charge is 0.462 e. The van der Waals surface area contributed by atoms with Crippen LogP contribution < -0.4 is 5.73 Å². The van der Waals surface area contributed by atoms with Gasteiger partial charge in [0.15, 0.2) is 0 Å². The molecule has 0 aromatic heterocycles. The Labute approximate surface area is 234 Å². The van der Waals surface area contributed by atoms with Crippen molar-refractivity contribution in [3.63, 3.8) is 0 Å². The minimum absolute atomic E-state index is 0.0796. The van der Waals surface area contributed by atoms with E-state index in [1.165, 1.54) is 0 Å². The van der Waals surface area contributed by atoms with E-state index >= 15 is 0 Å². The Morgan fingerprint density at radius 1 is 1.05 bits per heavy atom. The molecule has 1 rings (SSSR count). The van der Waals surface area contributed by atoms with Crippen molar-refractivity contribution in [2.75, 3.05) is 0 Å². The number of allylic oxidation sites excluding steroid dienone is 4. The summed E-state index contributed by atoms with van der Waals surface area (Å²) in [6.07, 6.45) is 11.8. The van der Waals surface area contributed by atoms with Crippen LogP contribution in [0.15, 0.2) is 49.1 Å². The maximum absolute atomic E-state index is 11.9. The number of amides is 1. The van der Waals surface area contributed by atoms with Crippen molar-refractivity contribution in [2.24, 2.45) is 41.2 Å². The van der Waals surface area contributed by atoms with Gasteiger partial charge in [-0.15, -0.1) is 0 Å². The molecule has 5 N–H and O–H groups in total. The van der Waals surface area contributed by atoms with Crippen LogP contribution in [0.3, 0.4) is 0 Å². The highest BCUT2D eigenvalue weighted by Gasteiger charge is 2.39. The molecule has 1 saturated heterocycles. The normalized spacial score (nSPS) is 27.6. The minimum atomic E-state index is -0.871. The van der Waals surface area contributed by atoms with Crippen LogP contribution in [0.1, 0.15) is 67.2 Å². The molecular weight excluding hydrogens is 498 g/mol. The molecule has 0 saturated carbocycles. The van der Waals surface area contributed by atoms with Crippen LogP contribution in [0.2, 0.25) is 0 Å². The SMILES string of the molecule is C=C/C=C\[C@H](C)[C@H](OC(N)=O)[C@@H](C)[C@H](O)CC/C=C\C(C)[C@@H](O)[C@@H](C)/C=C\CC[C@@H]1OC(=O)[C@H](C)[C@@H](O)[C@@H]1C. The quantitative estimate of drug-likeness (QED) is 0.124. The summed E-state index contributed by atoms with van der Waals surface area (Å²) in [4.78, 5) is 23.3. The number of carbonyl (C=O) groups is 2. The number of aliphatic hydroxyl groups excluding tert-OH is 3. The molecule has 39 heavy (non-hydrogen) atoms. The first-order chi connectivity index (χ1) is 18.3. The number of primary amides is 1. The lowest BCUT2D eigenvalue weighted by Crippen LogP contribution is -2.46. The Bertz CT molecular complexity index is 854. The lowest BCUT2D eigenvalue weighted by atomic mass is 9.84. The van der Waals surface area contributed by atoms with Crippen molar-refractivity contribution in [3.8, 4) is 0 Å². The average Bonchev–Trinajstić information content (AvgIpc) is 2.90. The molecule has 0 aromatic carbocycles. The summed E-state index contributed by atoms with van der Waals surface area (Å²) < 4.78 is 10.8. The standard InChI is InChI=1S/C31H51NO7/c1-8-9-14-21(4)29(39-31(32)37)22(5)25(33)17-12-10-15-19(2)27(34)20(3)16-11-13-18-26-23(6)28(35)24(7)30(36)38-26/h8-11,14-16,19-29,33-35H,1,12-13,17-18H2,2-7H3,(H2,32,37)/b14-9-,15-10-,16-11-/t19?,20-,21-,22-,23+,24+,25+,26-,27+,28-,29-/m0/s1. The highest BCUT2D eigenvalue weighted by Crippen LogP contribution is 2.29. The Morgan fingerprint density at radius 2 is 1.64 bits per heavy atom. The fourth-order valence-corrected chi connectivity index (χ4v) is 5.03. The van der Waals surface area contributed by atoms with E-state index in [1.54, 1.807) is 19.1 Å². The second-order valence-electron chi connectivity index (χ2n) is 11.1. The van der Waals surface area contributed by atoms with Gasteiger partial charge >= 0.3 is 12.1 Å². The van der Waals surface area contributed by atoms with Gasteiger partial charge in [0.25, 0.3) is 0 Å². The zero-order valence-electron chi connectivity index (χ0n) is 24.5. The first-order valence-electron chi connectivity index (χ1n) is 14.1. The lowest BCUT2D eigenvalue weighted by molar-refractivity contribution is -0.177. The van der Waals surface area contributed by atoms with E-state index in [9.17, 15) is 24.9 Å². The molecule has 0 radical (unpaired) electrons. The van der Waals surface area contributed by atoms with E-state index in [2.05, 4.69) is 6.58 Å².